The van der Waals surface area contributed by atoms with Crippen molar-refractivity contribution in [1.29, 1.82) is 0 Å². The van der Waals surface area contributed by atoms with Gasteiger partial charge in [-0.15, -0.1) is 0 Å². The van der Waals surface area contributed by atoms with Crippen molar-refractivity contribution in [2.75, 3.05) is 19.5 Å². The van der Waals surface area contributed by atoms with Crippen molar-refractivity contribution >= 4 is 23.2 Å². The third-order valence-electron chi connectivity index (χ3n) is 4.02. The molecule has 0 aliphatic rings. The molecular formula is C20H18ClN3O4. The molecule has 0 unspecified atom stereocenters. The number of nitrogens with one attached hydrogen (secondary N) is 1. The Morgan fingerprint density at radius 2 is 1.86 bits per heavy atom. The highest BCUT2D eigenvalue weighted by Crippen LogP contribution is 2.29. The monoisotopic (exact) mass is 399 g/mol. The Bertz CT molecular complexity index is 1050. The van der Waals surface area contributed by atoms with Crippen LogP contribution >= 0.6 is 11.6 Å². The van der Waals surface area contributed by atoms with Crippen molar-refractivity contribution in [2.45, 2.75) is 6.54 Å². The number of rotatable bonds is 6. The first-order valence-electron chi connectivity index (χ1n) is 8.34. The van der Waals surface area contributed by atoms with Crippen LogP contribution in [0, 0.1) is 0 Å². The molecule has 0 saturated heterocycles. The number of hydrogen-bond donors (Lipinski definition) is 1. The lowest BCUT2D eigenvalue weighted by Gasteiger charge is -2.12. The summed E-state index contributed by atoms with van der Waals surface area (Å²) in [5, 5.41) is 3.32. The van der Waals surface area contributed by atoms with Crippen LogP contribution in [-0.2, 0) is 11.3 Å². The number of amides is 1. The number of carbonyl (C=O) groups excluding carboxylic acids is 1. The second kappa shape index (κ2) is 8.58. The zero-order valence-corrected chi connectivity index (χ0v) is 16.1. The van der Waals surface area contributed by atoms with E-state index in [1.54, 1.807) is 49.6 Å². The fourth-order valence-corrected chi connectivity index (χ4v) is 2.70. The highest BCUT2D eigenvalue weighted by molar-refractivity contribution is 6.30. The number of aromatic nitrogens is 2. The number of hydrogen-bond acceptors (Lipinski definition) is 5. The third kappa shape index (κ3) is 4.50. The Morgan fingerprint density at radius 1 is 1.11 bits per heavy atom. The number of methoxy groups -OCH3 is 2. The van der Waals surface area contributed by atoms with E-state index >= 15 is 0 Å². The highest BCUT2D eigenvalue weighted by atomic mass is 35.5. The Morgan fingerprint density at radius 3 is 2.50 bits per heavy atom. The largest absolute Gasteiger partial charge is 0.497 e. The maximum atomic E-state index is 12.4. The van der Waals surface area contributed by atoms with E-state index in [0.717, 1.165) is 5.56 Å². The van der Waals surface area contributed by atoms with Crippen LogP contribution in [0.4, 0.5) is 5.69 Å². The minimum atomic E-state index is -0.383. The van der Waals surface area contributed by atoms with Crippen molar-refractivity contribution in [2.24, 2.45) is 0 Å². The first-order chi connectivity index (χ1) is 13.5. The molecule has 3 rings (SSSR count). The molecule has 2 aromatic carbocycles. The number of halogens is 1. The van der Waals surface area contributed by atoms with Gasteiger partial charge in [-0.2, -0.15) is 0 Å². The lowest BCUT2D eigenvalue weighted by atomic mass is 10.1. The van der Waals surface area contributed by atoms with Gasteiger partial charge in [0, 0.05) is 22.7 Å². The van der Waals surface area contributed by atoms with Crippen molar-refractivity contribution in [3.8, 4) is 22.8 Å². The Kier molecular flexibility index (Phi) is 5.96. The summed E-state index contributed by atoms with van der Waals surface area (Å²) in [5.74, 6) is 0.677. The standard InChI is InChI=1S/C20H18ClN3O4/c1-27-15-7-8-16(18(9-15)28-2)23-19(25)11-24-12-22-17(10-20(24)26)13-3-5-14(21)6-4-13/h3-10,12H,11H2,1-2H3,(H,23,25). The van der Waals surface area contributed by atoms with Crippen LogP contribution in [0.3, 0.4) is 0 Å². The average molecular weight is 400 g/mol. The first kappa shape index (κ1) is 19.4. The second-order valence-corrected chi connectivity index (χ2v) is 6.30. The van der Waals surface area contributed by atoms with Crippen LogP contribution in [0.25, 0.3) is 11.3 Å². The SMILES string of the molecule is COc1ccc(NC(=O)Cn2cnc(-c3ccc(Cl)cc3)cc2=O)c(OC)c1. The second-order valence-electron chi connectivity index (χ2n) is 5.86. The van der Waals surface area contributed by atoms with Gasteiger partial charge in [0.1, 0.15) is 18.0 Å². The molecule has 144 valence electrons. The molecule has 1 amide bonds. The minimum Gasteiger partial charge on any atom is -0.497 e. The fourth-order valence-electron chi connectivity index (χ4n) is 2.57. The molecule has 1 heterocycles. The normalized spacial score (nSPS) is 10.4. The predicted octanol–water partition coefficient (Wildman–Crippen LogP) is 3.22. The summed E-state index contributed by atoms with van der Waals surface area (Å²) in [4.78, 5) is 29.0. The van der Waals surface area contributed by atoms with Crippen LogP contribution in [0.2, 0.25) is 5.02 Å². The van der Waals surface area contributed by atoms with E-state index in [-0.39, 0.29) is 18.0 Å². The van der Waals surface area contributed by atoms with E-state index in [4.69, 9.17) is 21.1 Å². The molecular weight excluding hydrogens is 382 g/mol. The maximum Gasteiger partial charge on any atom is 0.254 e. The van der Waals surface area contributed by atoms with Gasteiger partial charge in [0.05, 0.1) is 31.9 Å². The zero-order chi connectivity index (χ0) is 20.1. The summed E-state index contributed by atoms with van der Waals surface area (Å²) < 4.78 is 11.6. The minimum absolute atomic E-state index is 0.179. The lowest BCUT2D eigenvalue weighted by Crippen LogP contribution is -2.27. The molecule has 0 bridgehead atoms. The van der Waals surface area contributed by atoms with Crippen LogP contribution in [0.5, 0.6) is 11.5 Å². The summed E-state index contributed by atoms with van der Waals surface area (Å²) >= 11 is 5.87. The summed E-state index contributed by atoms with van der Waals surface area (Å²) in [6.07, 6.45) is 1.34. The molecule has 0 fully saturated rings. The van der Waals surface area contributed by atoms with E-state index in [0.29, 0.717) is 27.9 Å². The van der Waals surface area contributed by atoms with Gasteiger partial charge in [-0.3, -0.25) is 14.2 Å². The fraction of sp³-hybridized carbons (Fsp3) is 0.150. The Balaban J connectivity index is 1.74. The van der Waals surface area contributed by atoms with Crippen LogP contribution in [-0.4, -0.2) is 29.7 Å². The van der Waals surface area contributed by atoms with Crippen molar-refractivity contribution in [1.82, 2.24) is 9.55 Å². The van der Waals surface area contributed by atoms with Gasteiger partial charge >= 0.3 is 0 Å². The van der Waals surface area contributed by atoms with Crippen LogP contribution in [0.15, 0.2) is 59.7 Å². The molecule has 28 heavy (non-hydrogen) atoms. The molecule has 8 heteroatoms. The van der Waals surface area contributed by atoms with Crippen molar-refractivity contribution in [3.63, 3.8) is 0 Å². The number of carbonyl (C=O) groups is 1. The number of nitrogens with zero attached hydrogens (tertiary/aromatic N) is 2. The summed E-state index contributed by atoms with van der Waals surface area (Å²) in [6.45, 7) is -0.179. The zero-order valence-electron chi connectivity index (χ0n) is 15.3. The molecule has 1 N–H and O–H groups in total. The molecule has 0 aliphatic carbocycles. The van der Waals surface area contributed by atoms with Gasteiger partial charge in [-0.1, -0.05) is 23.7 Å². The molecule has 0 saturated carbocycles. The Hall–Kier alpha value is -3.32. The smallest absolute Gasteiger partial charge is 0.254 e. The molecule has 3 aromatic rings. The van der Waals surface area contributed by atoms with E-state index < -0.39 is 0 Å². The van der Waals surface area contributed by atoms with E-state index in [1.807, 2.05) is 0 Å². The number of ether oxygens (including phenoxy) is 2. The predicted molar refractivity (Wildman–Crippen MR) is 107 cm³/mol. The van der Waals surface area contributed by atoms with Gasteiger partial charge in [-0.05, 0) is 24.3 Å². The topological polar surface area (TPSA) is 82.5 Å². The maximum absolute atomic E-state index is 12.4. The average Bonchev–Trinajstić information content (AvgIpc) is 2.70. The Labute approximate surface area is 166 Å². The molecule has 7 nitrogen and oxygen atoms in total. The molecule has 0 radical (unpaired) electrons. The third-order valence-corrected chi connectivity index (χ3v) is 4.27. The summed E-state index contributed by atoms with van der Waals surface area (Å²) in [6, 6.07) is 13.4. The lowest BCUT2D eigenvalue weighted by molar-refractivity contribution is -0.116. The van der Waals surface area contributed by atoms with Gasteiger partial charge < -0.3 is 14.8 Å². The van der Waals surface area contributed by atoms with E-state index in [2.05, 4.69) is 10.3 Å². The molecule has 0 spiro atoms. The number of benzene rings is 2. The highest BCUT2D eigenvalue weighted by Gasteiger charge is 2.11. The van der Waals surface area contributed by atoms with Gasteiger partial charge in [0.15, 0.2) is 0 Å². The van der Waals surface area contributed by atoms with Gasteiger partial charge in [0.2, 0.25) is 5.91 Å². The molecule has 1 aromatic heterocycles. The molecule has 0 aliphatic heterocycles. The summed E-state index contributed by atoms with van der Waals surface area (Å²) in [7, 11) is 3.04. The van der Waals surface area contributed by atoms with Crippen LogP contribution < -0.4 is 20.3 Å². The van der Waals surface area contributed by atoms with E-state index in [9.17, 15) is 9.59 Å². The summed E-state index contributed by atoms with van der Waals surface area (Å²) in [5.41, 5.74) is 1.42. The van der Waals surface area contributed by atoms with Crippen molar-refractivity contribution < 1.29 is 14.3 Å². The van der Waals surface area contributed by atoms with Crippen LogP contribution in [0.1, 0.15) is 0 Å². The number of anilines is 1. The quantitative estimate of drug-likeness (QED) is 0.688. The van der Waals surface area contributed by atoms with Crippen molar-refractivity contribution in [3.05, 3.63) is 70.2 Å². The molecule has 0 atom stereocenters. The van der Waals surface area contributed by atoms with Gasteiger partial charge in [0.25, 0.3) is 5.56 Å². The van der Waals surface area contributed by atoms with E-state index in [1.165, 1.54) is 24.1 Å². The van der Waals surface area contributed by atoms with Gasteiger partial charge in [-0.25, -0.2) is 4.98 Å². The first-order valence-corrected chi connectivity index (χ1v) is 8.72.